The van der Waals surface area contributed by atoms with Crippen LogP contribution in [0.2, 0.25) is 0 Å². The molecule has 2 N–H and O–H groups in total. The number of aromatic hydroxyl groups is 1. The minimum Gasteiger partial charge on any atom is -0.507 e. The van der Waals surface area contributed by atoms with E-state index in [-0.39, 0.29) is 22.5 Å². The van der Waals surface area contributed by atoms with Crippen LogP contribution in [0.4, 0.5) is 4.79 Å². The van der Waals surface area contributed by atoms with E-state index in [0.717, 1.165) is 0 Å². The van der Waals surface area contributed by atoms with Crippen LogP contribution in [-0.4, -0.2) is 40.8 Å². The lowest BCUT2D eigenvalue weighted by molar-refractivity contribution is -0.136. The van der Waals surface area contributed by atoms with Crippen LogP contribution in [-0.2, 0) is 9.53 Å². The Hall–Kier alpha value is -3.46. The van der Waals surface area contributed by atoms with Crippen molar-refractivity contribution in [1.82, 2.24) is 5.32 Å². The number of phenolic OH excluding ortho intramolecular Hbond substituents is 1. The van der Waals surface area contributed by atoms with Crippen LogP contribution in [0.25, 0.3) is 22.3 Å². The zero-order chi connectivity index (χ0) is 24.9. The number of carbonyl (C=O) groups is 2. The number of hydrogen-bond donors (Lipinski definition) is 2. The van der Waals surface area contributed by atoms with Crippen molar-refractivity contribution in [3.63, 3.8) is 0 Å². The molecule has 180 valence electrons. The number of fused-ring (bicyclic) bond motifs is 1. The van der Waals surface area contributed by atoms with Crippen LogP contribution >= 0.6 is 11.8 Å². The van der Waals surface area contributed by atoms with Crippen LogP contribution in [0.15, 0.2) is 57.7 Å². The van der Waals surface area contributed by atoms with E-state index < -0.39 is 29.1 Å². The molecule has 3 rings (SSSR count). The number of amides is 1. The molecule has 0 saturated carbocycles. The lowest BCUT2D eigenvalue weighted by Gasteiger charge is -2.22. The first kappa shape index (κ1) is 25.2. The second kappa shape index (κ2) is 10.6. The number of hydrogen-bond acceptors (Lipinski definition) is 8. The van der Waals surface area contributed by atoms with Crippen molar-refractivity contribution < 1.29 is 28.6 Å². The average molecular weight is 486 g/mol. The molecule has 1 amide bonds. The molecule has 0 radical (unpaired) electrons. The molecule has 0 aliphatic carbocycles. The minimum atomic E-state index is -0.970. The van der Waals surface area contributed by atoms with Gasteiger partial charge in [-0.1, -0.05) is 30.3 Å². The third kappa shape index (κ3) is 6.54. The summed E-state index contributed by atoms with van der Waals surface area (Å²) in [5.74, 6) is -0.239. The van der Waals surface area contributed by atoms with Crippen molar-refractivity contribution in [3.05, 3.63) is 58.8 Å². The number of thioether (sulfide) groups is 1. The molecule has 0 bridgehead atoms. The highest BCUT2D eigenvalue weighted by Crippen LogP contribution is 2.31. The largest absolute Gasteiger partial charge is 0.507 e. The van der Waals surface area contributed by atoms with Gasteiger partial charge in [0.15, 0.2) is 5.43 Å². The van der Waals surface area contributed by atoms with Gasteiger partial charge in [-0.25, -0.2) is 9.59 Å². The molecule has 2 aromatic carbocycles. The number of carbonyl (C=O) groups excluding carboxylic acids is 2. The Morgan fingerprint density at radius 2 is 1.85 bits per heavy atom. The Morgan fingerprint density at radius 1 is 1.15 bits per heavy atom. The molecule has 3 aromatic rings. The molecule has 34 heavy (non-hydrogen) atoms. The van der Waals surface area contributed by atoms with E-state index in [1.165, 1.54) is 30.0 Å². The van der Waals surface area contributed by atoms with Gasteiger partial charge in [-0.05, 0) is 39.2 Å². The van der Waals surface area contributed by atoms with Gasteiger partial charge in [-0.15, -0.1) is 0 Å². The van der Waals surface area contributed by atoms with Crippen LogP contribution in [0, 0.1) is 0 Å². The summed E-state index contributed by atoms with van der Waals surface area (Å²) in [6, 6.07) is 11.9. The maximum Gasteiger partial charge on any atom is 0.408 e. The van der Waals surface area contributed by atoms with E-state index in [4.69, 9.17) is 13.9 Å². The molecule has 1 aromatic heterocycles. The van der Waals surface area contributed by atoms with Gasteiger partial charge in [0.1, 0.15) is 39.9 Å². The normalized spacial score (nSPS) is 12.2. The summed E-state index contributed by atoms with van der Waals surface area (Å²) >= 11 is 1.51. The zero-order valence-corrected chi connectivity index (χ0v) is 20.2. The van der Waals surface area contributed by atoms with Crippen molar-refractivity contribution in [2.75, 3.05) is 12.0 Å². The van der Waals surface area contributed by atoms with Gasteiger partial charge in [0.05, 0.1) is 0 Å². The third-order valence-corrected chi connectivity index (χ3v) is 5.29. The van der Waals surface area contributed by atoms with Crippen molar-refractivity contribution in [1.29, 1.82) is 0 Å². The standard InChI is InChI=1S/C25H27NO7S/c1-25(2,3)33-24(30)26-17(10-11-34-4)23(29)31-16-12-18(27)22-19(28)14-20(32-21(22)13-16)15-8-6-5-7-9-15/h5-9,12-14,17,27H,10-11H2,1-4H3,(H,26,30)/t17-/m1/s1. The van der Waals surface area contributed by atoms with Crippen LogP contribution in [0.1, 0.15) is 27.2 Å². The Kier molecular flexibility index (Phi) is 7.88. The highest BCUT2D eigenvalue weighted by molar-refractivity contribution is 7.98. The van der Waals surface area contributed by atoms with E-state index in [0.29, 0.717) is 23.5 Å². The lowest BCUT2D eigenvalue weighted by atomic mass is 10.1. The summed E-state index contributed by atoms with van der Waals surface area (Å²) in [4.78, 5) is 37.6. The maximum atomic E-state index is 12.8. The molecule has 0 spiro atoms. The smallest absolute Gasteiger partial charge is 0.408 e. The number of rotatable bonds is 7. The molecule has 1 atom stereocenters. The fourth-order valence-corrected chi connectivity index (χ4v) is 3.64. The molecular weight excluding hydrogens is 458 g/mol. The monoisotopic (exact) mass is 485 g/mol. The van der Waals surface area contributed by atoms with Crippen LogP contribution in [0.3, 0.4) is 0 Å². The lowest BCUT2D eigenvalue weighted by Crippen LogP contribution is -2.45. The second-order valence-electron chi connectivity index (χ2n) is 8.56. The summed E-state index contributed by atoms with van der Waals surface area (Å²) in [5, 5.41) is 12.9. The van der Waals surface area contributed by atoms with Gasteiger partial charge in [0.25, 0.3) is 0 Å². The highest BCUT2D eigenvalue weighted by atomic mass is 32.2. The molecule has 0 aliphatic rings. The number of phenols is 1. The Morgan fingerprint density at radius 3 is 2.50 bits per heavy atom. The van der Waals surface area contributed by atoms with Gasteiger partial charge in [-0.3, -0.25) is 4.79 Å². The SMILES string of the molecule is CSCC[C@@H](NC(=O)OC(C)(C)C)C(=O)Oc1cc(O)c2c(=O)cc(-c3ccccc3)oc2c1. The Bertz CT molecular complexity index is 1230. The van der Waals surface area contributed by atoms with Crippen LogP contribution in [0.5, 0.6) is 11.5 Å². The van der Waals surface area contributed by atoms with Gasteiger partial charge < -0.3 is 24.3 Å². The minimum absolute atomic E-state index is 0.0229. The predicted molar refractivity (Wildman–Crippen MR) is 131 cm³/mol. The fraction of sp³-hybridized carbons (Fsp3) is 0.320. The molecule has 0 unspecified atom stereocenters. The molecule has 1 heterocycles. The number of nitrogens with one attached hydrogen (secondary N) is 1. The third-order valence-electron chi connectivity index (χ3n) is 4.65. The first-order chi connectivity index (χ1) is 16.1. The Labute approximate surface area is 201 Å². The quantitative estimate of drug-likeness (QED) is 0.365. The fourth-order valence-electron chi connectivity index (χ4n) is 3.17. The van der Waals surface area contributed by atoms with E-state index in [2.05, 4.69) is 5.32 Å². The zero-order valence-electron chi connectivity index (χ0n) is 19.4. The molecule has 0 aliphatic heterocycles. The van der Waals surface area contributed by atoms with Crippen molar-refractivity contribution in [2.45, 2.75) is 38.8 Å². The van der Waals surface area contributed by atoms with Gasteiger partial charge in [-0.2, -0.15) is 11.8 Å². The summed E-state index contributed by atoms with van der Waals surface area (Å²) in [6.07, 6.45) is 1.45. The van der Waals surface area contributed by atoms with Crippen LogP contribution < -0.4 is 15.5 Å². The number of benzene rings is 2. The predicted octanol–water partition coefficient (Wildman–Crippen LogP) is 4.72. The number of ether oxygens (including phenoxy) is 2. The van der Waals surface area contributed by atoms with Gasteiger partial charge in [0.2, 0.25) is 0 Å². The first-order valence-electron chi connectivity index (χ1n) is 10.6. The topological polar surface area (TPSA) is 115 Å². The van der Waals surface area contributed by atoms with Gasteiger partial charge in [0, 0.05) is 23.8 Å². The van der Waals surface area contributed by atoms with E-state index in [1.54, 1.807) is 32.9 Å². The van der Waals surface area contributed by atoms with Crippen molar-refractivity contribution >= 4 is 34.8 Å². The molecule has 0 saturated heterocycles. The molecular formula is C25H27NO7S. The summed E-state index contributed by atoms with van der Waals surface area (Å²) in [5.41, 5.74) is -0.409. The number of alkyl carbamates (subject to hydrolysis) is 1. The summed E-state index contributed by atoms with van der Waals surface area (Å²) in [7, 11) is 0. The maximum absolute atomic E-state index is 12.8. The summed E-state index contributed by atoms with van der Waals surface area (Å²) in [6.45, 7) is 5.16. The first-order valence-corrected chi connectivity index (χ1v) is 12.0. The average Bonchev–Trinajstić information content (AvgIpc) is 2.75. The Balaban J connectivity index is 1.88. The molecule has 9 heteroatoms. The van der Waals surface area contributed by atoms with E-state index >= 15 is 0 Å². The van der Waals surface area contributed by atoms with Crippen molar-refractivity contribution in [2.24, 2.45) is 0 Å². The highest BCUT2D eigenvalue weighted by Gasteiger charge is 2.26. The van der Waals surface area contributed by atoms with E-state index in [9.17, 15) is 19.5 Å². The van der Waals surface area contributed by atoms with Crippen molar-refractivity contribution in [3.8, 4) is 22.8 Å². The van der Waals surface area contributed by atoms with E-state index in [1.807, 2.05) is 24.5 Å². The molecule has 8 nitrogen and oxygen atoms in total. The summed E-state index contributed by atoms with van der Waals surface area (Å²) < 4.78 is 16.5. The number of esters is 1. The van der Waals surface area contributed by atoms with Gasteiger partial charge >= 0.3 is 12.1 Å². The second-order valence-corrected chi connectivity index (χ2v) is 9.54. The molecule has 0 fully saturated rings.